The Morgan fingerprint density at radius 1 is 1.17 bits per heavy atom. The molecule has 0 atom stereocenters. The third-order valence-electron chi connectivity index (χ3n) is 3.01. The number of hydrogen-bond acceptors (Lipinski definition) is 4. The first-order valence-electron chi connectivity index (χ1n) is 6.59. The van der Waals surface area contributed by atoms with Crippen LogP contribution in [-0.2, 0) is 4.79 Å². The van der Waals surface area contributed by atoms with E-state index in [1.54, 1.807) is 37.4 Å². The molecular weight excluding hydrogens is 382 g/mol. The second kappa shape index (κ2) is 7.38. The highest BCUT2D eigenvalue weighted by molar-refractivity contribution is 9.10. The maximum atomic E-state index is 11.9. The molecule has 2 aromatic rings. The van der Waals surface area contributed by atoms with Gasteiger partial charge in [0.25, 0.3) is 5.91 Å². The van der Waals surface area contributed by atoms with Gasteiger partial charge in [-0.15, -0.1) is 0 Å². The number of nitrogens with zero attached hydrogens (tertiary/aromatic N) is 1. The van der Waals surface area contributed by atoms with Crippen molar-refractivity contribution in [2.24, 2.45) is 0 Å². The van der Waals surface area contributed by atoms with E-state index < -0.39 is 5.91 Å². The minimum absolute atomic E-state index is 0.0573. The fourth-order valence-electron chi connectivity index (χ4n) is 1.71. The Morgan fingerprint density at radius 2 is 1.83 bits per heavy atom. The summed E-state index contributed by atoms with van der Waals surface area (Å²) in [6, 6.07) is 10.2. The van der Waals surface area contributed by atoms with E-state index in [4.69, 9.17) is 16.6 Å². The van der Waals surface area contributed by atoms with Crippen molar-refractivity contribution in [3.63, 3.8) is 0 Å². The van der Waals surface area contributed by atoms with Crippen LogP contribution in [0.2, 0.25) is 0 Å². The average molecular weight is 396 g/mol. The predicted molar refractivity (Wildman–Crippen MR) is 95.6 cm³/mol. The molecule has 6 nitrogen and oxygen atoms in total. The number of amides is 2. The van der Waals surface area contributed by atoms with Gasteiger partial charge < -0.3 is 14.6 Å². The van der Waals surface area contributed by atoms with Crippen molar-refractivity contribution >= 4 is 56.4 Å². The Balaban J connectivity index is 1.95. The summed E-state index contributed by atoms with van der Waals surface area (Å²) in [6.07, 6.45) is 0. The van der Waals surface area contributed by atoms with Crippen LogP contribution in [0.4, 0.5) is 11.4 Å². The molecule has 0 bridgehead atoms. The van der Waals surface area contributed by atoms with Crippen molar-refractivity contribution in [2.45, 2.75) is 6.92 Å². The topological polar surface area (TPSA) is 74.6 Å². The third-order valence-corrected chi connectivity index (χ3v) is 3.64. The second-order valence-corrected chi connectivity index (χ2v) is 5.83. The fraction of sp³-hybridized carbons (Fsp3) is 0.133. The van der Waals surface area contributed by atoms with E-state index in [2.05, 4.69) is 26.6 Å². The molecule has 1 aromatic heterocycles. The Bertz CT molecular complexity index is 743. The molecule has 8 heteroatoms. The van der Waals surface area contributed by atoms with Gasteiger partial charge in [-0.05, 0) is 64.5 Å². The van der Waals surface area contributed by atoms with E-state index in [0.717, 1.165) is 5.69 Å². The lowest BCUT2D eigenvalue weighted by molar-refractivity contribution is -0.116. The molecule has 2 N–H and O–H groups in total. The molecule has 1 aromatic carbocycles. The highest BCUT2D eigenvalue weighted by Gasteiger charge is 2.12. The Hall–Kier alpha value is -2.19. The zero-order chi connectivity index (χ0) is 17.0. The summed E-state index contributed by atoms with van der Waals surface area (Å²) < 4.78 is 5.61. The van der Waals surface area contributed by atoms with E-state index in [1.807, 2.05) is 0 Å². The van der Waals surface area contributed by atoms with Gasteiger partial charge in [-0.2, -0.15) is 0 Å². The van der Waals surface area contributed by atoms with E-state index in [-0.39, 0.29) is 16.8 Å². The molecule has 0 aliphatic rings. The molecule has 0 fully saturated rings. The van der Waals surface area contributed by atoms with Crippen LogP contribution >= 0.6 is 28.1 Å². The monoisotopic (exact) mass is 395 g/mol. The molecule has 0 aliphatic carbocycles. The minimum atomic E-state index is -0.443. The van der Waals surface area contributed by atoms with E-state index in [1.165, 1.54) is 17.9 Å². The molecule has 0 aliphatic heterocycles. The van der Waals surface area contributed by atoms with Crippen molar-refractivity contribution in [3.05, 3.63) is 46.8 Å². The van der Waals surface area contributed by atoms with Gasteiger partial charge in [0.05, 0.1) is 0 Å². The quantitative estimate of drug-likeness (QED) is 0.780. The van der Waals surface area contributed by atoms with Crippen molar-refractivity contribution in [3.8, 4) is 0 Å². The van der Waals surface area contributed by atoms with Crippen LogP contribution in [0.25, 0.3) is 0 Å². The standard InChI is InChI=1S/C15H14BrN3O3S/c1-9(20)19(2)11-5-3-10(4-6-11)17-15(23)18-14(21)12-7-8-13(16)22-12/h3-8H,1-2H3,(H2,17,18,21,23). The molecule has 1 heterocycles. The maximum absolute atomic E-state index is 11.9. The molecule has 0 unspecified atom stereocenters. The van der Waals surface area contributed by atoms with Gasteiger partial charge in [-0.25, -0.2) is 0 Å². The SMILES string of the molecule is CC(=O)N(C)c1ccc(NC(=S)NC(=O)c2ccc(Br)o2)cc1. The van der Waals surface area contributed by atoms with Crippen molar-refractivity contribution < 1.29 is 14.0 Å². The summed E-state index contributed by atoms with van der Waals surface area (Å²) in [5.74, 6) is -0.348. The highest BCUT2D eigenvalue weighted by Crippen LogP contribution is 2.17. The Kier molecular flexibility index (Phi) is 5.51. The lowest BCUT2D eigenvalue weighted by Crippen LogP contribution is -2.33. The average Bonchev–Trinajstić information content (AvgIpc) is 2.93. The fourth-order valence-corrected chi connectivity index (χ4v) is 2.23. The van der Waals surface area contributed by atoms with Crippen LogP contribution in [0.5, 0.6) is 0 Å². The number of anilines is 2. The lowest BCUT2D eigenvalue weighted by Gasteiger charge is -2.15. The lowest BCUT2D eigenvalue weighted by atomic mass is 10.2. The molecule has 2 rings (SSSR count). The van der Waals surface area contributed by atoms with Crippen LogP contribution in [-0.4, -0.2) is 24.0 Å². The number of hydrogen-bond donors (Lipinski definition) is 2. The minimum Gasteiger partial charge on any atom is -0.444 e. The summed E-state index contributed by atoms with van der Waals surface area (Å²) >= 11 is 8.21. The molecule has 0 saturated carbocycles. The van der Waals surface area contributed by atoms with Crippen LogP contribution in [0.3, 0.4) is 0 Å². The number of carbonyl (C=O) groups excluding carboxylic acids is 2. The largest absolute Gasteiger partial charge is 0.444 e. The van der Waals surface area contributed by atoms with Gasteiger partial charge in [0.1, 0.15) is 0 Å². The summed E-state index contributed by atoms with van der Waals surface area (Å²) in [4.78, 5) is 24.7. The number of benzene rings is 1. The predicted octanol–water partition coefficient (Wildman–Crippen LogP) is 3.15. The number of halogens is 1. The van der Waals surface area contributed by atoms with Crippen molar-refractivity contribution in [2.75, 3.05) is 17.3 Å². The summed E-state index contributed by atoms with van der Waals surface area (Å²) in [7, 11) is 1.69. The van der Waals surface area contributed by atoms with E-state index >= 15 is 0 Å². The molecule has 23 heavy (non-hydrogen) atoms. The highest BCUT2D eigenvalue weighted by atomic mass is 79.9. The number of thiocarbonyl (C=S) groups is 1. The molecule has 2 amide bonds. The van der Waals surface area contributed by atoms with Crippen LogP contribution in [0.1, 0.15) is 17.5 Å². The van der Waals surface area contributed by atoms with E-state index in [0.29, 0.717) is 10.4 Å². The van der Waals surface area contributed by atoms with Gasteiger partial charge >= 0.3 is 0 Å². The van der Waals surface area contributed by atoms with Crippen LogP contribution in [0, 0.1) is 0 Å². The summed E-state index contributed by atoms with van der Waals surface area (Å²) in [5.41, 5.74) is 1.45. The first kappa shape index (κ1) is 17.2. The smallest absolute Gasteiger partial charge is 0.293 e. The Labute approximate surface area is 147 Å². The van der Waals surface area contributed by atoms with Crippen LogP contribution < -0.4 is 15.5 Å². The van der Waals surface area contributed by atoms with Gasteiger partial charge in [-0.3, -0.25) is 14.9 Å². The van der Waals surface area contributed by atoms with Gasteiger partial charge in [0.2, 0.25) is 5.91 Å². The number of nitrogens with one attached hydrogen (secondary N) is 2. The van der Waals surface area contributed by atoms with Gasteiger partial charge in [-0.1, -0.05) is 0 Å². The molecule has 120 valence electrons. The van der Waals surface area contributed by atoms with Crippen molar-refractivity contribution in [1.29, 1.82) is 0 Å². The number of furan rings is 1. The number of rotatable bonds is 3. The maximum Gasteiger partial charge on any atom is 0.293 e. The first-order valence-corrected chi connectivity index (χ1v) is 7.79. The van der Waals surface area contributed by atoms with Gasteiger partial charge in [0, 0.05) is 25.3 Å². The number of carbonyl (C=O) groups is 2. The zero-order valence-corrected chi connectivity index (χ0v) is 14.8. The van der Waals surface area contributed by atoms with Crippen LogP contribution in [0.15, 0.2) is 45.5 Å². The second-order valence-electron chi connectivity index (χ2n) is 4.64. The first-order chi connectivity index (χ1) is 10.9. The third kappa shape index (κ3) is 4.64. The molecule has 0 saturated heterocycles. The zero-order valence-electron chi connectivity index (χ0n) is 12.4. The Morgan fingerprint density at radius 3 is 2.35 bits per heavy atom. The summed E-state index contributed by atoms with van der Waals surface area (Å²) in [5, 5.41) is 5.55. The van der Waals surface area contributed by atoms with Crippen molar-refractivity contribution in [1.82, 2.24) is 5.32 Å². The normalized spacial score (nSPS) is 10.0. The van der Waals surface area contributed by atoms with Gasteiger partial charge in [0.15, 0.2) is 15.5 Å². The molecular formula is C15H14BrN3O3S. The molecule has 0 spiro atoms. The summed E-state index contributed by atoms with van der Waals surface area (Å²) in [6.45, 7) is 1.49. The molecule has 0 radical (unpaired) electrons. The van der Waals surface area contributed by atoms with E-state index in [9.17, 15) is 9.59 Å².